The summed E-state index contributed by atoms with van der Waals surface area (Å²) in [7, 11) is 0. The first kappa shape index (κ1) is 15.1. The molecule has 0 aromatic rings. The number of rotatable bonds is 4. The van der Waals surface area contributed by atoms with E-state index < -0.39 is 12.0 Å². The lowest BCUT2D eigenvalue weighted by Crippen LogP contribution is -2.54. The fourth-order valence-electron chi connectivity index (χ4n) is 3.59. The standard InChI is InChI=1S/C15H26N2O3/c1-4-15(3,5-2)16-14(20)17-9-10-7-6-8-11(10)12(17)13(18)19/h10-12H,4-9H2,1-3H3,(H,16,20)(H,18,19). The van der Waals surface area contributed by atoms with Gasteiger partial charge < -0.3 is 15.3 Å². The molecule has 0 radical (unpaired) electrons. The van der Waals surface area contributed by atoms with E-state index in [-0.39, 0.29) is 17.5 Å². The second-order valence-corrected chi connectivity index (χ2v) is 6.49. The number of carbonyl (C=O) groups is 2. The third-order valence-corrected chi connectivity index (χ3v) is 5.37. The lowest BCUT2D eigenvalue weighted by atomic mass is 9.94. The molecule has 1 aliphatic heterocycles. The number of urea groups is 1. The molecule has 2 rings (SSSR count). The highest BCUT2D eigenvalue weighted by atomic mass is 16.4. The Morgan fingerprint density at radius 3 is 2.50 bits per heavy atom. The highest BCUT2D eigenvalue weighted by molar-refractivity contribution is 5.84. The van der Waals surface area contributed by atoms with Crippen molar-refractivity contribution in [2.24, 2.45) is 11.8 Å². The van der Waals surface area contributed by atoms with Gasteiger partial charge >= 0.3 is 12.0 Å². The summed E-state index contributed by atoms with van der Waals surface area (Å²) in [6.07, 6.45) is 4.76. The van der Waals surface area contributed by atoms with E-state index in [0.29, 0.717) is 12.5 Å². The van der Waals surface area contributed by atoms with Crippen molar-refractivity contribution in [2.45, 2.75) is 64.5 Å². The van der Waals surface area contributed by atoms with Crippen LogP contribution in [-0.2, 0) is 4.79 Å². The smallest absolute Gasteiger partial charge is 0.326 e. The van der Waals surface area contributed by atoms with E-state index in [2.05, 4.69) is 5.32 Å². The maximum Gasteiger partial charge on any atom is 0.326 e. The highest BCUT2D eigenvalue weighted by Crippen LogP contribution is 2.42. The van der Waals surface area contributed by atoms with Gasteiger partial charge in [-0.15, -0.1) is 0 Å². The maximum absolute atomic E-state index is 12.5. The van der Waals surface area contributed by atoms with Crippen molar-refractivity contribution in [2.75, 3.05) is 6.54 Å². The van der Waals surface area contributed by atoms with Crippen LogP contribution in [0.3, 0.4) is 0 Å². The number of likely N-dealkylation sites (tertiary alicyclic amines) is 1. The Morgan fingerprint density at radius 2 is 1.95 bits per heavy atom. The second-order valence-electron chi connectivity index (χ2n) is 6.49. The van der Waals surface area contributed by atoms with Crippen LogP contribution in [0.4, 0.5) is 4.79 Å². The van der Waals surface area contributed by atoms with E-state index in [1.165, 1.54) is 0 Å². The Labute approximate surface area is 120 Å². The van der Waals surface area contributed by atoms with Crippen LogP contribution in [0.2, 0.25) is 0 Å². The normalized spacial score (nSPS) is 29.4. The summed E-state index contributed by atoms with van der Waals surface area (Å²) in [5, 5.41) is 12.5. The van der Waals surface area contributed by atoms with Gasteiger partial charge in [0.2, 0.25) is 0 Å². The Hall–Kier alpha value is -1.26. The zero-order chi connectivity index (χ0) is 14.9. The minimum atomic E-state index is -0.857. The van der Waals surface area contributed by atoms with Gasteiger partial charge in [-0.1, -0.05) is 20.3 Å². The fourth-order valence-corrected chi connectivity index (χ4v) is 3.59. The van der Waals surface area contributed by atoms with Crippen LogP contribution in [0.5, 0.6) is 0 Å². The van der Waals surface area contributed by atoms with Crippen LogP contribution in [0.15, 0.2) is 0 Å². The van der Waals surface area contributed by atoms with Crippen molar-refractivity contribution in [3.63, 3.8) is 0 Å². The third kappa shape index (κ3) is 2.63. The molecule has 0 bridgehead atoms. The molecule has 2 amide bonds. The molecule has 20 heavy (non-hydrogen) atoms. The summed E-state index contributed by atoms with van der Waals surface area (Å²) in [6, 6.07) is -0.849. The lowest BCUT2D eigenvalue weighted by Gasteiger charge is -2.33. The van der Waals surface area contributed by atoms with Gasteiger partial charge in [0.05, 0.1) is 0 Å². The third-order valence-electron chi connectivity index (χ3n) is 5.37. The molecule has 1 aliphatic carbocycles. The quantitative estimate of drug-likeness (QED) is 0.832. The molecule has 0 spiro atoms. The Kier molecular flexibility index (Phi) is 4.25. The van der Waals surface area contributed by atoms with E-state index >= 15 is 0 Å². The molecular formula is C15H26N2O3. The summed E-state index contributed by atoms with van der Waals surface area (Å²) in [4.78, 5) is 25.6. The molecular weight excluding hydrogens is 256 g/mol. The number of carbonyl (C=O) groups excluding carboxylic acids is 1. The molecule has 1 saturated heterocycles. The highest BCUT2D eigenvalue weighted by Gasteiger charge is 2.50. The van der Waals surface area contributed by atoms with Gasteiger partial charge in [-0.25, -0.2) is 9.59 Å². The first-order valence-electron chi connectivity index (χ1n) is 7.73. The predicted octanol–water partition coefficient (Wildman–Crippen LogP) is 2.46. The summed E-state index contributed by atoms with van der Waals surface area (Å²) < 4.78 is 0. The van der Waals surface area contributed by atoms with E-state index in [1.54, 1.807) is 4.90 Å². The lowest BCUT2D eigenvalue weighted by molar-refractivity contribution is -0.142. The first-order valence-corrected chi connectivity index (χ1v) is 7.73. The second kappa shape index (κ2) is 5.62. The zero-order valence-electron chi connectivity index (χ0n) is 12.7. The summed E-state index contributed by atoms with van der Waals surface area (Å²) in [5.74, 6) is -0.339. The van der Waals surface area contributed by atoms with Crippen LogP contribution >= 0.6 is 0 Å². The Bertz CT molecular complexity index is 393. The van der Waals surface area contributed by atoms with Gasteiger partial charge in [-0.05, 0) is 44.4 Å². The monoisotopic (exact) mass is 282 g/mol. The van der Waals surface area contributed by atoms with Crippen molar-refractivity contribution in [1.82, 2.24) is 10.2 Å². The Morgan fingerprint density at radius 1 is 1.30 bits per heavy atom. The van der Waals surface area contributed by atoms with E-state index in [4.69, 9.17) is 0 Å². The van der Waals surface area contributed by atoms with E-state index in [9.17, 15) is 14.7 Å². The summed E-state index contributed by atoms with van der Waals surface area (Å²) >= 11 is 0. The molecule has 2 aliphatic rings. The van der Waals surface area contributed by atoms with Gasteiger partial charge in [-0.2, -0.15) is 0 Å². The van der Waals surface area contributed by atoms with Crippen molar-refractivity contribution >= 4 is 12.0 Å². The largest absolute Gasteiger partial charge is 0.480 e. The van der Waals surface area contributed by atoms with Crippen LogP contribution in [-0.4, -0.2) is 40.1 Å². The van der Waals surface area contributed by atoms with Crippen molar-refractivity contribution in [1.29, 1.82) is 0 Å². The van der Waals surface area contributed by atoms with Crippen molar-refractivity contribution in [3.8, 4) is 0 Å². The van der Waals surface area contributed by atoms with Crippen LogP contribution < -0.4 is 5.32 Å². The summed E-state index contributed by atoms with van der Waals surface area (Å²) in [5.41, 5.74) is -0.252. The number of carboxylic acids is 1. The molecule has 0 aromatic heterocycles. The van der Waals surface area contributed by atoms with Gasteiger partial charge in [-0.3, -0.25) is 0 Å². The van der Waals surface area contributed by atoms with E-state index in [1.807, 2.05) is 20.8 Å². The molecule has 3 unspecified atom stereocenters. The SMILES string of the molecule is CCC(C)(CC)NC(=O)N1CC2CCCC2C1C(=O)O. The molecule has 2 N–H and O–H groups in total. The number of amides is 2. The predicted molar refractivity (Wildman–Crippen MR) is 76.5 cm³/mol. The number of nitrogens with zero attached hydrogens (tertiary/aromatic N) is 1. The van der Waals surface area contributed by atoms with Crippen LogP contribution in [0.25, 0.3) is 0 Å². The number of nitrogens with one attached hydrogen (secondary N) is 1. The number of carboxylic acid groups (broad SMARTS) is 1. The average Bonchev–Trinajstić information content (AvgIpc) is 2.97. The summed E-state index contributed by atoms with van der Waals surface area (Å²) in [6.45, 7) is 6.68. The molecule has 5 heteroatoms. The number of fused-ring (bicyclic) bond motifs is 1. The number of hydrogen-bond acceptors (Lipinski definition) is 2. The molecule has 3 atom stereocenters. The minimum absolute atomic E-state index is 0.146. The van der Waals surface area contributed by atoms with Crippen molar-refractivity contribution in [3.05, 3.63) is 0 Å². The minimum Gasteiger partial charge on any atom is -0.480 e. The van der Waals surface area contributed by atoms with E-state index in [0.717, 1.165) is 32.1 Å². The molecule has 1 saturated carbocycles. The van der Waals surface area contributed by atoms with Gasteiger partial charge in [0.15, 0.2) is 0 Å². The van der Waals surface area contributed by atoms with Gasteiger partial charge in [0.25, 0.3) is 0 Å². The number of aliphatic carboxylic acids is 1. The molecule has 5 nitrogen and oxygen atoms in total. The number of hydrogen-bond donors (Lipinski definition) is 2. The fraction of sp³-hybridized carbons (Fsp3) is 0.867. The van der Waals surface area contributed by atoms with Crippen molar-refractivity contribution < 1.29 is 14.7 Å². The van der Waals surface area contributed by atoms with Crippen LogP contribution in [0, 0.1) is 11.8 Å². The first-order chi connectivity index (χ1) is 9.41. The average molecular weight is 282 g/mol. The topological polar surface area (TPSA) is 69.6 Å². The van der Waals surface area contributed by atoms with Gasteiger partial charge in [0.1, 0.15) is 6.04 Å². The molecule has 1 heterocycles. The maximum atomic E-state index is 12.5. The van der Waals surface area contributed by atoms with Crippen LogP contribution in [0.1, 0.15) is 52.9 Å². The van der Waals surface area contributed by atoms with Gasteiger partial charge in [0, 0.05) is 12.1 Å². The molecule has 114 valence electrons. The molecule has 2 fully saturated rings. The molecule has 0 aromatic carbocycles. The zero-order valence-corrected chi connectivity index (χ0v) is 12.7. The Balaban J connectivity index is 2.11.